The van der Waals surface area contributed by atoms with Gasteiger partial charge in [0.25, 0.3) is 0 Å². The number of carbonyl (C=O) groups is 1. The lowest BCUT2D eigenvalue weighted by atomic mass is 9.87. The second-order valence-corrected chi connectivity index (χ2v) is 4.24. The van der Waals surface area contributed by atoms with E-state index < -0.39 is 0 Å². The van der Waals surface area contributed by atoms with Gasteiger partial charge < -0.3 is 9.64 Å². The monoisotopic (exact) mass is 196 g/mol. The summed E-state index contributed by atoms with van der Waals surface area (Å²) in [6.07, 6.45) is 6.89. The van der Waals surface area contributed by atoms with Crippen LogP contribution in [0.15, 0.2) is 0 Å². The molecule has 3 heteroatoms. The van der Waals surface area contributed by atoms with E-state index >= 15 is 0 Å². The summed E-state index contributed by atoms with van der Waals surface area (Å²) in [6, 6.07) is 0. The third kappa shape index (κ3) is 1.92. The summed E-state index contributed by atoms with van der Waals surface area (Å²) in [5, 5.41) is 0. The summed E-state index contributed by atoms with van der Waals surface area (Å²) in [5.74, 6) is 0.643. The van der Waals surface area contributed by atoms with Gasteiger partial charge in [0.1, 0.15) is 0 Å². The Kier molecular flexibility index (Phi) is 3.06. The quantitative estimate of drug-likeness (QED) is 0.665. The van der Waals surface area contributed by atoms with Crippen LogP contribution < -0.4 is 0 Å². The van der Waals surface area contributed by atoms with Crippen LogP contribution in [-0.2, 0) is 9.53 Å². The molecule has 0 aromatic carbocycles. The standard InChI is InChI=1S/C11H18NO2/c1-14-10-7-12(8-10)11(13)9-5-3-2-4-6-9/h2,9-10H,3-8H2,1H3. The van der Waals surface area contributed by atoms with Gasteiger partial charge in [0.2, 0.25) is 5.91 Å². The number of rotatable bonds is 2. The number of carbonyl (C=O) groups excluding carboxylic acids is 1. The third-order valence-electron chi connectivity index (χ3n) is 3.28. The topological polar surface area (TPSA) is 29.5 Å². The molecule has 2 aliphatic rings. The van der Waals surface area contributed by atoms with Crippen LogP contribution in [0.3, 0.4) is 0 Å². The molecule has 1 aliphatic heterocycles. The van der Waals surface area contributed by atoms with Crippen molar-refractivity contribution in [2.75, 3.05) is 20.2 Å². The van der Waals surface area contributed by atoms with Crippen LogP contribution in [0.1, 0.15) is 25.7 Å². The van der Waals surface area contributed by atoms with E-state index in [1.54, 1.807) is 7.11 Å². The van der Waals surface area contributed by atoms with E-state index in [-0.39, 0.29) is 12.0 Å². The van der Waals surface area contributed by atoms with Crippen LogP contribution in [0, 0.1) is 12.3 Å². The number of likely N-dealkylation sites (tertiary alicyclic amines) is 1. The van der Waals surface area contributed by atoms with Crippen molar-refractivity contribution in [3.05, 3.63) is 6.42 Å². The maximum atomic E-state index is 11.9. The average Bonchev–Trinajstić information content (AvgIpc) is 2.17. The fourth-order valence-electron chi connectivity index (χ4n) is 2.20. The number of nitrogens with zero attached hydrogens (tertiary/aromatic N) is 1. The summed E-state index contributed by atoms with van der Waals surface area (Å²) in [4.78, 5) is 13.8. The molecule has 2 rings (SSSR count). The second-order valence-electron chi connectivity index (χ2n) is 4.24. The van der Waals surface area contributed by atoms with Gasteiger partial charge in [0.05, 0.1) is 6.10 Å². The minimum Gasteiger partial charge on any atom is -0.378 e. The molecule has 79 valence electrons. The van der Waals surface area contributed by atoms with Crippen LogP contribution in [0.2, 0.25) is 0 Å². The zero-order valence-electron chi connectivity index (χ0n) is 8.74. The van der Waals surface area contributed by atoms with Crippen LogP contribution in [0.25, 0.3) is 0 Å². The first-order chi connectivity index (χ1) is 6.81. The molecule has 0 aromatic rings. The maximum Gasteiger partial charge on any atom is 0.225 e. The molecule has 1 amide bonds. The molecule has 1 heterocycles. The third-order valence-corrected chi connectivity index (χ3v) is 3.28. The van der Waals surface area contributed by atoms with E-state index in [0.717, 1.165) is 38.8 Å². The van der Waals surface area contributed by atoms with E-state index in [9.17, 15) is 4.79 Å². The van der Waals surface area contributed by atoms with E-state index in [2.05, 4.69) is 6.42 Å². The van der Waals surface area contributed by atoms with Crippen molar-refractivity contribution in [1.82, 2.24) is 4.90 Å². The summed E-state index contributed by atoms with van der Waals surface area (Å²) < 4.78 is 5.15. The lowest BCUT2D eigenvalue weighted by Crippen LogP contribution is -2.56. The van der Waals surface area contributed by atoms with Gasteiger partial charge in [-0.2, -0.15) is 0 Å². The van der Waals surface area contributed by atoms with Crippen LogP contribution >= 0.6 is 0 Å². The molecule has 0 spiro atoms. The summed E-state index contributed by atoms with van der Waals surface area (Å²) in [5.41, 5.74) is 0. The Morgan fingerprint density at radius 2 is 2.00 bits per heavy atom. The molecule has 0 unspecified atom stereocenters. The van der Waals surface area contributed by atoms with E-state index in [1.807, 2.05) is 4.90 Å². The molecule has 0 N–H and O–H groups in total. The van der Waals surface area contributed by atoms with Crippen molar-refractivity contribution in [1.29, 1.82) is 0 Å². The molecule has 14 heavy (non-hydrogen) atoms. The SMILES string of the molecule is COC1CN(C(=O)C2CC[CH]CC2)C1. The van der Waals surface area contributed by atoms with Gasteiger partial charge in [-0.3, -0.25) is 4.79 Å². The lowest BCUT2D eigenvalue weighted by Gasteiger charge is -2.40. The Bertz CT molecular complexity index is 205. The molecule has 1 radical (unpaired) electrons. The molecular weight excluding hydrogens is 178 g/mol. The highest BCUT2D eigenvalue weighted by Crippen LogP contribution is 2.26. The Morgan fingerprint density at radius 3 is 2.57 bits per heavy atom. The normalized spacial score (nSPS) is 24.8. The first-order valence-electron chi connectivity index (χ1n) is 5.44. The molecule has 1 saturated carbocycles. The fourth-order valence-corrected chi connectivity index (χ4v) is 2.20. The van der Waals surface area contributed by atoms with Crippen molar-refractivity contribution in [3.63, 3.8) is 0 Å². The summed E-state index contributed by atoms with van der Waals surface area (Å²) in [6.45, 7) is 1.60. The number of ether oxygens (including phenoxy) is 1. The molecular formula is C11H18NO2. The molecule has 0 aromatic heterocycles. The summed E-state index contributed by atoms with van der Waals surface area (Å²) >= 11 is 0. The van der Waals surface area contributed by atoms with Crippen molar-refractivity contribution in [2.24, 2.45) is 5.92 Å². The van der Waals surface area contributed by atoms with E-state index in [0.29, 0.717) is 5.91 Å². The Labute approximate surface area is 85.4 Å². The largest absolute Gasteiger partial charge is 0.378 e. The Balaban J connectivity index is 1.78. The zero-order chi connectivity index (χ0) is 9.97. The van der Waals surface area contributed by atoms with Gasteiger partial charge in [0.15, 0.2) is 0 Å². The van der Waals surface area contributed by atoms with Gasteiger partial charge in [-0.05, 0) is 32.1 Å². The Hall–Kier alpha value is -0.570. The Morgan fingerprint density at radius 1 is 1.36 bits per heavy atom. The zero-order valence-corrected chi connectivity index (χ0v) is 8.74. The van der Waals surface area contributed by atoms with Crippen molar-refractivity contribution in [2.45, 2.75) is 31.8 Å². The first kappa shape index (κ1) is 9.97. The minimum atomic E-state index is 0.286. The van der Waals surface area contributed by atoms with Gasteiger partial charge in [-0.1, -0.05) is 0 Å². The number of hydrogen-bond acceptors (Lipinski definition) is 2. The second kappa shape index (κ2) is 4.30. The lowest BCUT2D eigenvalue weighted by molar-refractivity contribution is -0.148. The van der Waals surface area contributed by atoms with Crippen LogP contribution in [0.5, 0.6) is 0 Å². The smallest absolute Gasteiger partial charge is 0.225 e. The minimum absolute atomic E-state index is 0.286. The van der Waals surface area contributed by atoms with Crippen molar-refractivity contribution >= 4 is 5.91 Å². The van der Waals surface area contributed by atoms with Gasteiger partial charge >= 0.3 is 0 Å². The van der Waals surface area contributed by atoms with Gasteiger partial charge in [-0.25, -0.2) is 0 Å². The van der Waals surface area contributed by atoms with Crippen LogP contribution in [0.4, 0.5) is 0 Å². The van der Waals surface area contributed by atoms with E-state index in [4.69, 9.17) is 4.74 Å². The molecule has 0 bridgehead atoms. The van der Waals surface area contributed by atoms with Gasteiger partial charge in [0, 0.05) is 26.1 Å². The number of hydrogen-bond donors (Lipinski definition) is 0. The van der Waals surface area contributed by atoms with Crippen molar-refractivity contribution < 1.29 is 9.53 Å². The molecule has 0 atom stereocenters. The molecule has 1 saturated heterocycles. The first-order valence-corrected chi connectivity index (χ1v) is 5.44. The highest BCUT2D eigenvalue weighted by Gasteiger charge is 2.34. The predicted octanol–water partition coefficient (Wildman–Crippen LogP) is 1.24. The van der Waals surface area contributed by atoms with Gasteiger partial charge in [-0.15, -0.1) is 0 Å². The fraction of sp³-hybridized carbons (Fsp3) is 0.818. The number of methoxy groups -OCH3 is 1. The molecule has 1 aliphatic carbocycles. The summed E-state index contributed by atoms with van der Waals surface area (Å²) in [7, 11) is 1.71. The maximum absolute atomic E-state index is 11.9. The molecule has 3 nitrogen and oxygen atoms in total. The number of amides is 1. The predicted molar refractivity (Wildman–Crippen MR) is 53.6 cm³/mol. The highest BCUT2D eigenvalue weighted by atomic mass is 16.5. The van der Waals surface area contributed by atoms with Crippen molar-refractivity contribution in [3.8, 4) is 0 Å². The molecule has 2 fully saturated rings. The average molecular weight is 196 g/mol. The van der Waals surface area contributed by atoms with Crippen LogP contribution in [-0.4, -0.2) is 37.1 Å². The van der Waals surface area contributed by atoms with E-state index in [1.165, 1.54) is 0 Å². The highest BCUT2D eigenvalue weighted by molar-refractivity contribution is 5.79.